The maximum absolute atomic E-state index is 12.0. The van der Waals surface area contributed by atoms with E-state index in [-0.39, 0.29) is 0 Å². The summed E-state index contributed by atoms with van der Waals surface area (Å²) in [4.78, 5) is 46.4. The van der Waals surface area contributed by atoms with E-state index < -0.39 is 58.1 Å². The molecule has 2 amide bonds. The van der Waals surface area contributed by atoms with Gasteiger partial charge in [0.05, 0.1) is 26.3 Å². The van der Waals surface area contributed by atoms with Gasteiger partial charge in [-0.15, -0.1) is 0 Å². The van der Waals surface area contributed by atoms with E-state index in [1.807, 2.05) is 9.44 Å². The summed E-state index contributed by atoms with van der Waals surface area (Å²) in [5.74, 6) is -2.92. The van der Waals surface area contributed by atoms with Crippen molar-refractivity contribution in [3.8, 4) is 0 Å². The number of nitrogens with one attached hydrogen (secondary N) is 4. The Hall–Kier alpha value is -2.25. The highest BCUT2D eigenvalue weighted by atomic mass is 32.2. The minimum atomic E-state index is -4.25. The van der Waals surface area contributed by atoms with Crippen LogP contribution in [0.25, 0.3) is 0 Å². The molecule has 4 N–H and O–H groups in total. The molecule has 27 heavy (non-hydrogen) atoms. The van der Waals surface area contributed by atoms with E-state index in [0.29, 0.717) is 0 Å². The van der Waals surface area contributed by atoms with Crippen molar-refractivity contribution in [3.63, 3.8) is 0 Å². The molecule has 0 radical (unpaired) electrons. The molecule has 0 aliphatic carbocycles. The molecule has 0 unspecified atom stereocenters. The van der Waals surface area contributed by atoms with Gasteiger partial charge in [0.15, 0.2) is 0 Å². The van der Waals surface area contributed by atoms with Gasteiger partial charge < -0.3 is 20.1 Å². The Balaban J connectivity index is 4.73. The summed E-state index contributed by atoms with van der Waals surface area (Å²) >= 11 is 0. The Kier molecular flexibility index (Phi) is 9.89. The van der Waals surface area contributed by atoms with Crippen molar-refractivity contribution in [1.82, 2.24) is 20.1 Å². The lowest BCUT2D eigenvalue weighted by atomic mass is 10.3. The average Bonchev–Trinajstić information content (AvgIpc) is 2.58. The van der Waals surface area contributed by atoms with Crippen LogP contribution in [0.15, 0.2) is 0 Å². The van der Waals surface area contributed by atoms with E-state index in [4.69, 9.17) is 0 Å². The van der Waals surface area contributed by atoms with Gasteiger partial charge in [-0.3, -0.25) is 9.59 Å². The normalized spacial score (nSPS) is 15.6. The molecule has 0 aromatic rings. The van der Waals surface area contributed by atoms with Gasteiger partial charge in [-0.2, -0.15) is 17.9 Å². The maximum Gasteiger partial charge on any atom is 0.328 e. The van der Waals surface area contributed by atoms with Gasteiger partial charge in [0.1, 0.15) is 12.1 Å². The van der Waals surface area contributed by atoms with Crippen LogP contribution in [0.4, 0.5) is 0 Å². The van der Waals surface area contributed by atoms with Crippen LogP contribution >= 0.6 is 0 Å². The van der Waals surface area contributed by atoms with Crippen molar-refractivity contribution in [3.05, 3.63) is 0 Å². The second-order valence-corrected chi connectivity index (χ2v) is 7.17. The van der Waals surface area contributed by atoms with Crippen LogP contribution < -0.4 is 20.1 Å². The second-order valence-electron chi connectivity index (χ2n) is 5.69. The molecule has 0 fully saturated rings. The molecular formula is C14H26N4O8S. The highest BCUT2D eigenvalue weighted by Crippen LogP contribution is 1.95. The molecule has 0 saturated heterocycles. The van der Waals surface area contributed by atoms with Crippen molar-refractivity contribution in [2.75, 3.05) is 14.2 Å². The van der Waals surface area contributed by atoms with Crippen LogP contribution in [0, 0.1) is 0 Å². The fourth-order valence-electron chi connectivity index (χ4n) is 1.75. The third-order valence-corrected chi connectivity index (χ3v) is 4.61. The van der Waals surface area contributed by atoms with Gasteiger partial charge in [0.25, 0.3) is 10.2 Å². The van der Waals surface area contributed by atoms with E-state index in [2.05, 4.69) is 20.1 Å². The van der Waals surface area contributed by atoms with Crippen LogP contribution in [0.2, 0.25) is 0 Å². The molecule has 0 heterocycles. The number of esters is 2. The van der Waals surface area contributed by atoms with Gasteiger partial charge in [-0.1, -0.05) is 0 Å². The van der Waals surface area contributed by atoms with E-state index in [1.165, 1.54) is 27.7 Å². The lowest BCUT2D eigenvalue weighted by Crippen LogP contribution is -2.55. The standard InChI is InChI=1S/C14H26N4O8S/c1-7(11(19)15-9(3)13(21)25-5)17-27(23,24)18-8(2)12(20)16-10(4)14(22)26-6/h7-10,17-18H,1-6H3,(H,15,19)(H,16,20)/t7-,8-,9-,10-/m0/s1. The summed E-state index contributed by atoms with van der Waals surface area (Å²) in [5, 5.41) is 4.55. The third-order valence-electron chi connectivity index (χ3n) is 3.28. The zero-order chi connectivity index (χ0) is 21.4. The quantitative estimate of drug-likeness (QED) is 0.288. The van der Waals surface area contributed by atoms with Crippen molar-refractivity contribution in [1.29, 1.82) is 0 Å². The number of ether oxygens (including phenoxy) is 2. The molecule has 0 bridgehead atoms. The lowest BCUT2D eigenvalue weighted by molar-refractivity contribution is -0.145. The topological polar surface area (TPSA) is 169 Å². The maximum atomic E-state index is 12.0. The number of hydrogen-bond acceptors (Lipinski definition) is 8. The van der Waals surface area contributed by atoms with Gasteiger partial charge >= 0.3 is 11.9 Å². The van der Waals surface area contributed by atoms with Gasteiger partial charge in [-0.05, 0) is 27.7 Å². The molecule has 12 nitrogen and oxygen atoms in total. The molecule has 0 aromatic heterocycles. The van der Waals surface area contributed by atoms with Crippen LogP contribution in [-0.2, 0) is 38.9 Å². The number of hydrogen-bond donors (Lipinski definition) is 4. The largest absolute Gasteiger partial charge is 0.467 e. The van der Waals surface area contributed by atoms with Crippen LogP contribution in [-0.4, -0.2) is 70.6 Å². The monoisotopic (exact) mass is 410 g/mol. The van der Waals surface area contributed by atoms with Crippen LogP contribution in [0.5, 0.6) is 0 Å². The zero-order valence-corrected chi connectivity index (χ0v) is 16.8. The molecule has 0 aromatic carbocycles. The summed E-state index contributed by atoms with van der Waals surface area (Å²) in [6.07, 6.45) is 0. The summed E-state index contributed by atoms with van der Waals surface area (Å²) < 4.78 is 37.0. The predicted octanol–water partition coefficient (Wildman–Crippen LogP) is -2.46. The fraction of sp³-hybridized carbons (Fsp3) is 0.714. The van der Waals surface area contributed by atoms with Crippen LogP contribution in [0.3, 0.4) is 0 Å². The Bertz CT molecular complexity index is 616. The lowest BCUT2D eigenvalue weighted by Gasteiger charge is -2.20. The van der Waals surface area contributed by atoms with E-state index in [0.717, 1.165) is 14.2 Å². The number of amides is 2. The fourth-order valence-corrected chi connectivity index (χ4v) is 2.97. The predicted molar refractivity (Wildman–Crippen MR) is 93.4 cm³/mol. The first-order valence-electron chi connectivity index (χ1n) is 7.90. The number of methoxy groups -OCH3 is 2. The van der Waals surface area contributed by atoms with Gasteiger partial charge in [-0.25, -0.2) is 9.59 Å². The van der Waals surface area contributed by atoms with Crippen molar-refractivity contribution >= 4 is 34.0 Å². The Labute approximate surface area is 157 Å². The van der Waals surface area contributed by atoms with E-state index >= 15 is 0 Å². The highest BCUT2D eigenvalue weighted by Gasteiger charge is 2.27. The molecule has 0 aliphatic heterocycles. The van der Waals surface area contributed by atoms with Crippen molar-refractivity contribution in [2.24, 2.45) is 0 Å². The summed E-state index contributed by atoms with van der Waals surface area (Å²) in [6, 6.07) is -4.41. The first-order valence-corrected chi connectivity index (χ1v) is 9.38. The smallest absolute Gasteiger partial charge is 0.328 e. The van der Waals surface area contributed by atoms with E-state index in [1.54, 1.807) is 0 Å². The summed E-state index contributed by atoms with van der Waals surface area (Å²) in [5.41, 5.74) is 0. The summed E-state index contributed by atoms with van der Waals surface area (Å²) in [7, 11) is -1.95. The minimum absolute atomic E-state index is 0.693. The second kappa shape index (κ2) is 10.8. The molecule has 13 heteroatoms. The van der Waals surface area contributed by atoms with Gasteiger partial charge in [0, 0.05) is 0 Å². The number of rotatable bonds is 10. The minimum Gasteiger partial charge on any atom is -0.467 e. The SMILES string of the molecule is COC(=O)[C@H](C)NC(=O)[C@H](C)NS(=O)(=O)N[C@@H](C)C(=O)N[C@@H](C)C(=O)OC. The molecular weight excluding hydrogens is 384 g/mol. The molecule has 0 aliphatic rings. The Morgan fingerprint density at radius 2 is 0.963 bits per heavy atom. The first kappa shape index (κ1) is 24.8. The zero-order valence-electron chi connectivity index (χ0n) is 16.0. The Morgan fingerprint density at radius 1 is 0.667 bits per heavy atom. The molecule has 0 spiro atoms. The average molecular weight is 410 g/mol. The van der Waals surface area contributed by atoms with Crippen molar-refractivity contribution in [2.45, 2.75) is 51.9 Å². The number of carbonyl (C=O) groups excluding carboxylic acids is 4. The van der Waals surface area contributed by atoms with Crippen LogP contribution in [0.1, 0.15) is 27.7 Å². The molecule has 4 atom stereocenters. The van der Waals surface area contributed by atoms with Gasteiger partial charge in [0.2, 0.25) is 11.8 Å². The van der Waals surface area contributed by atoms with E-state index in [9.17, 15) is 27.6 Å². The third kappa shape index (κ3) is 8.79. The molecule has 156 valence electrons. The molecule has 0 rings (SSSR count). The first-order chi connectivity index (χ1) is 12.3. The number of carbonyl (C=O) groups is 4. The molecule has 0 saturated carbocycles. The highest BCUT2D eigenvalue weighted by molar-refractivity contribution is 7.87. The Morgan fingerprint density at radius 3 is 1.22 bits per heavy atom. The van der Waals surface area contributed by atoms with Crippen molar-refractivity contribution < 1.29 is 37.1 Å². The summed E-state index contributed by atoms with van der Waals surface area (Å²) in [6.45, 7) is 5.25.